The van der Waals surface area contributed by atoms with Crippen LogP contribution < -0.4 is 5.32 Å². The summed E-state index contributed by atoms with van der Waals surface area (Å²) in [4.78, 5) is 24.2. The summed E-state index contributed by atoms with van der Waals surface area (Å²) in [5, 5.41) is 2.85. The fourth-order valence-electron chi connectivity index (χ4n) is 2.62. The van der Waals surface area contributed by atoms with Gasteiger partial charge in [-0.05, 0) is 71.9 Å². The molecule has 0 aliphatic rings. The van der Waals surface area contributed by atoms with Crippen LogP contribution in [0, 0.1) is 0 Å². The number of hydrogen-bond acceptors (Lipinski definition) is 7. The van der Waals surface area contributed by atoms with Gasteiger partial charge < -0.3 is 22.8 Å². The van der Waals surface area contributed by atoms with E-state index < -0.39 is 49.0 Å². The molecule has 0 bridgehead atoms. The molecule has 0 aliphatic carbocycles. The molecule has 0 fully saturated rings. The summed E-state index contributed by atoms with van der Waals surface area (Å²) < 4.78 is 29.7. The third-order valence-electron chi connectivity index (χ3n) is 3.38. The molecule has 1 unspecified atom stereocenters. The fourth-order valence-corrected chi connectivity index (χ4v) is 7.18. The monoisotopic (exact) mass is 509 g/mol. The van der Waals surface area contributed by atoms with Crippen LogP contribution in [0.3, 0.4) is 0 Å². The molecule has 8 nitrogen and oxygen atoms in total. The number of rotatable bonds is 13. The number of carbonyl (C=O) groups is 2. The summed E-state index contributed by atoms with van der Waals surface area (Å²) in [5.41, 5.74) is 0.286. The normalized spacial score (nSPS) is 14.1. The van der Waals surface area contributed by atoms with E-state index in [9.17, 15) is 9.59 Å². The van der Waals surface area contributed by atoms with E-state index in [1.807, 2.05) is 39.3 Å². The van der Waals surface area contributed by atoms with Crippen LogP contribution in [0.1, 0.15) is 6.92 Å². The zero-order valence-electron chi connectivity index (χ0n) is 21.3. The summed E-state index contributed by atoms with van der Waals surface area (Å²) in [5.74, 6) is -1.95. The highest BCUT2D eigenvalue weighted by Crippen LogP contribution is 2.31. The molecule has 0 aromatic rings. The molecule has 1 atom stereocenters. The number of hydrogen-bond donors (Lipinski definition) is 1. The van der Waals surface area contributed by atoms with Crippen LogP contribution in [0.4, 0.5) is 4.79 Å². The Labute approximate surface area is 194 Å². The summed E-state index contributed by atoms with van der Waals surface area (Å²) in [6, 6.07) is 0.718. The molecule has 0 radical (unpaired) electrons. The zero-order valence-corrected chi connectivity index (χ0v) is 26.3. The standard InChI is InChI=1S/C19H43NO7Si4/c1-15(2)17(21)23-12-13-24-18(22)20-19(26-30(6,7)8,27-31(9,10)11)16(14-28)25-29(3,4)5/h16H,1,12-14H2,2-11,28H3,(H,20,22). The van der Waals surface area contributed by atoms with E-state index in [0.717, 1.165) is 16.3 Å². The van der Waals surface area contributed by atoms with Crippen LogP contribution >= 0.6 is 0 Å². The molecule has 1 N–H and O–H groups in total. The number of ether oxygens (including phenoxy) is 2. The second kappa shape index (κ2) is 11.9. The lowest BCUT2D eigenvalue weighted by atomic mass is 10.3. The Morgan fingerprint density at radius 3 is 1.71 bits per heavy atom. The Kier molecular flexibility index (Phi) is 11.6. The lowest BCUT2D eigenvalue weighted by Crippen LogP contribution is -2.68. The lowest BCUT2D eigenvalue weighted by molar-refractivity contribution is -0.202. The largest absolute Gasteiger partial charge is 0.459 e. The summed E-state index contributed by atoms with van der Waals surface area (Å²) in [7, 11) is -5.49. The first kappa shape index (κ1) is 30.2. The fraction of sp³-hybridized carbons (Fsp3) is 0.789. The third-order valence-corrected chi connectivity index (χ3v) is 6.94. The van der Waals surface area contributed by atoms with Gasteiger partial charge in [0.1, 0.15) is 19.3 Å². The third kappa shape index (κ3) is 13.4. The van der Waals surface area contributed by atoms with E-state index >= 15 is 0 Å². The number of esters is 1. The van der Waals surface area contributed by atoms with Crippen molar-refractivity contribution in [2.45, 2.75) is 83.9 Å². The first-order valence-corrected chi connectivity index (χ1v) is 22.3. The number of alkyl carbamates (subject to hydrolysis) is 1. The predicted molar refractivity (Wildman–Crippen MR) is 135 cm³/mol. The smallest absolute Gasteiger partial charge is 0.411 e. The van der Waals surface area contributed by atoms with Crippen molar-refractivity contribution >= 4 is 47.3 Å². The Hall–Kier alpha value is -0.772. The Morgan fingerprint density at radius 2 is 1.35 bits per heavy atom. The topological polar surface area (TPSA) is 92.3 Å². The molecule has 12 heteroatoms. The van der Waals surface area contributed by atoms with Gasteiger partial charge >= 0.3 is 12.1 Å². The van der Waals surface area contributed by atoms with Crippen molar-refractivity contribution in [1.82, 2.24) is 5.32 Å². The average molecular weight is 510 g/mol. The first-order chi connectivity index (χ1) is 13.8. The highest BCUT2D eigenvalue weighted by Gasteiger charge is 2.50. The van der Waals surface area contributed by atoms with E-state index in [1.165, 1.54) is 0 Å². The van der Waals surface area contributed by atoms with Crippen LogP contribution in [0.25, 0.3) is 0 Å². The van der Waals surface area contributed by atoms with Crippen molar-refractivity contribution in [1.29, 1.82) is 0 Å². The molecule has 0 rings (SSSR count). The lowest BCUT2D eigenvalue weighted by Gasteiger charge is -2.47. The van der Waals surface area contributed by atoms with Crippen molar-refractivity contribution in [3.05, 3.63) is 12.2 Å². The van der Waals surface area contributed by atoms with Gasteiger partial charge in [0.2, 0.25) is 0 Å². The Morgan fingerprint density at radius 1 is 0.903 bits per heavy atom. The van der Waals surface area contributed by atoms with Gasteiger partial charge in [0.25, 0.3) is 5.91 Å². The number of carbonyl (C=O) groups excluding carboxylic acids is 2. The number of nitrogens with one attached hydrogen (secondary N) is 1. The molecule has 182 valence electrons. The van der Waals surface area contributed by atoms with E-state index in [0.29, 0.717) is 0 Å². The van der Waals surface area contributed by atoms with E-state index in [4.69, 9.17) is 22.8 Å². The van der Waals surface area contributed by atoms with Gasteiger partial charge in [-0.1, -0.05) is 6.58 Å². The summed E-state index contributed by atoms with van der Waals surface area (Å²) in [6.07, 6.45) is -1.15. The predicted octanol–water partition coefficient (Wildman–Crippen LogP) is 3.19. The van der Waals surface area contributed by atoms with Crippen molar-refractivity contribution in [2.75, 3.05) is 13.2 Å². The first-order valence-electron chi connectivity index (χ1n) is 10.7. The van der Waals surface area contributed by atoms with Crippen molar-refractivity contribution in [2.24, 2.45) is 0 Å². The maximum Gasteiger partial charge on any atom is 0.411 e. The quantitative estimate of drug-likeness (QED) is 0.134. The molecular formula is C19H43NO7Si4. The molecule has 1 amide bonds. The second-order valence-electron chi connectivity index (χ2n) is 10.4. The second-order valence-corrected chi connectivity index (χ2v) is 24.5. The van der Waals surface area contributed by atoms with Crippen LogP contribution in [0.2, 0.25) is 65.0 Å². The maximum absolute atomic E-state index is 12.7. The summed E-state index contributed by atoms with van der Waals surface area (Å²) in [6.45, 7) is 23.4. The minimum absolute atomic E-state index is 0.0641. The zero-order chi connectivity index (χ0) is 24.7. The SMILES string of the molecule is C=C(C)C(=O)OCCOC(=O)NC(O[Si](C)(C)C)(O[Si](C)(C)C)C(C[SiH3])O[Si](C)(C)C. The molecular weight excluding hydrogens is 467 g/mol. The average Bonchev–Trinajstić information content (AvgIpc) is 2.51. The molecule has 31 heavy (non-hydrogen) atoms. The highest BCUT2D eigenvalue weighted by molar-refractivity contribution is 6.71. The van der Waals surface area contributed by atoms with Gasteiger partial charge in [0.15, 0.2) is 25.0 Å². The summed E-state index contributed by atoms with van der Waals surface area (Å²) >= 11 is 0. The minimum atomic E-state index is -2.18. The van der Waals surface area contributed by atoms with Crippen LogP contribution in [0.15, 0.2) is 12.2 Å². The van der Waals surface area contributed by atoms with Gasteiger partial charge in [0.05, 0.1) is 0 Å². The van der Waals surface area contributed by atoms with E-state index in [1.54, 1.807) is 6.92 Å². The van der Waals surface area contributed by atoms with Crippen LogP contribution in [-0.2, 0) is 27.5 Å². The van der Waals surface area contributed by atoms with Crippen LogP contribution in [-0.4, -0.2) is 72.5 Å². The van der Waals surface area contributed by atoms with E-state index in [-0.39, 0.29) is 18.8 Å². The van der Waals surface area contributed by atoms with Crippen LogP contribution in [0.5, 0.6) is 0 Å². The molecule has 0 aromatic heterocycles. The molecule has 0 saturated heterocycles. The Balaban J connectivity index is 5.72. The van der Waals surface area contributed by atoms with Gasteiger partial charge in [-0.2, -0.15) is 0 Å². The molecule has 0 saturated carbocycles. The van der Waals surface area contributed by atoms with Gasteiger partial charge in [0, 0.05) is 15.8 Å². The van der Waals surface area contributed by atoms with Gasteiger partial charge in [-0.3, -0.25) is 5.32 Å². The van der Waals surface area contributed by atoms with Crippen molar-refractivity contribution in [3.8, 4) is 0 Å². The van der Waals surface area contributed by atoms with Gasteiger partial charge in [-0.25, -0.2) is 9.59 Å². The van der Waals surface area contributed by atoms with E-state index in [2.05, 4.69) is 31.5 Å². The molecule has 0 aliphatic heterocycles. The maximum atomic E-state index is 12.7. The molecule has 0 aromatic carbocycles. The van der Waals surface area contributed by atoms with Gasteiger partial charge in [-0.15, -0.1) is 0 Å². The van der Waals surface area contributed by atoms with Crippen molar-refractivity contribution in [3.63, 3.8) is 0 Å². The molecule has 0 heterocycles. The molecule has 0 spiro atoms. The highest BCUT2D eigenvalue weighted by atomic mass is 28.4. The van der Waals surface area contributed by atoms with Crippen molar-refractivity contribution < 1.29 is 32.3 Å². The minimum Gasteiger partial charge on any atom is -0.459 e. The Bertz CT molecular complexity index is 608. The number of amides is 1.